The summed E-state index contributed by atoms with van der Waals surface area (Å²) in [6.45, 7) is 0. The van der Waals surface area contributed by atoms with E-state index in [2.05, 4.69) is 47.8 Å². The van der Waals surface area contributed by atoms with Crippen LogP contribution in [0.15, 0.2) is 42.7 Å². The maximum Gasteiger partial charge on any atom is 0.223 e. The zero-order chi connectivity index (χ0) is 9.54. The third kappa shape index (κ3) is 0.840. The average Bonchev–Trinajstić information content (AvgIpc) is 2.55. The second-order valence-corrected chi connectivity index (χ2v) is 3.47. The van der Waals surface area contributed by atoms with Gasteiger partial charge in [-0.25, -0.2) is 0 Å². The largest absolute Gasteiger partial charge is 0.393 e. The molecule has 1 aromatic carbocycles. The zero-order valence-corrected chi connectivity index (χ0v) is 7.94. The normalized spacial score (nSPS) is 11.1. The lowest BCUT2D eigenvalue weighted by Crippen LogP contribution is -1.89. The molecule has 0 saturated carbocycles. The van der Waals surface area contributed by atoms with Crippen molar-refractivity contribution < 1.29 is 0 Å². The molecule has 0 atom stereocenters. The first-order valence-corrected chi connectivity index (χ1v) is 4.65. The molecule has 0 aliphatic carbocycles. The molecule has 0 bridgehead atoms. The molecule has 66 valence electrons. The number of aromatic nitrogens is 2. The van der Waals surface area contributed by atoms with Gasteiger partial charge in [0.15, 0.2) is 0 Å². The first-order valence-electron chi connectivity index (χ1n) is 4.65. The van der Waals surface area contributed by atoms with Gasteiger partial charge in [0.1, 0.15) is 0 Å². The fraction of sp³-hybridized carbons (Fsp3) is 0. The van der Waals surface area contributed by atoms with E-state index in [9.17, 15) is 0 Å². The van der Waals surface area contributed by atoms with E-state index < -0.39 is 0 Å². The fourth-order valence-electron chi connectivity index (χ4n) is 2.01. The summed E-state index contributed by atoms with van der Waals surface area (Å²) in [7, 11) is 2.09. The standard InChI is InChI=1S/C11H9BN2/c12-14-10-4-2-1-3-8(10)9-7-13-6-5-11(9)14/h1-7H,12H2. The molecule has 2 nitrogen and oxygen atoms in total. The second-order valence-electron chi connectivity index (χ2n) is 3.47. The predicted molar refractivity (Wildman–Crippen MR) is 61.2 cm³/mol. The number of hydrogen-bond donors (Lipinski definition) is 0. The van der Waals surface area contributed by atoms with E-state index in [1.807, 2.05) is 12.4 Å². The van der Waals surface area contributed by atoms with Crippen molar-refractivity contribution in [1.82, 2.24) is 9.46 Å². The minimum atomic E-state index is 1.23. The monoisotopic (exact) mass is 180 g/mol. The van der Waals surface area contributed by atoms with Crippen LogP contribution in [-0.2, 0) is 0 Å². The Labute approximate surface area is 82.6 Å². The van der Waals surface area contributed by atoms with Crippen molar-refractivity contribution in [2.24, 2.45) is 0 Å². The maximum atomic E-state index is 4.16. The van der Waals surface area contributed by atoms with Crippen molar-refractivity contribution in [3.8, 4) is 0 Å². The molecule has 0 aliphatic rings. The molecule has 0 spiro atoms. The Hall–Kier alpha value is -1.77. The molecule has 0 saturated heterocycles. The second kappa shape index (κ2) is 2.61. The predicted octanol–water partition coefficient (Wildman–Crippen LogP) is 1.59. The highest BCUT2D eigenvalue weighted by molar-refractivity contribution is 6.21. The summed E-state index contributed by atoms with van der Waals surface area (Å²) in [6, 6.07) is 10.5. The molecule has 0 aliphatic heterocycles. The summed E-state index contributed by atoms with van der Waals surface area (Å²) in [4.78, 5) is 4.16. The zero-order valence-electron chi connectivity index (χ0n) is 7.94. The van der Waals surface area contributed by atoms with E-state index in [1.54, 1.807) is 0 Å². The van der Waals surface area contributed by atoms with Gasteiger partial charge in [0.2, 0.25) is 7.98 Å². The molecule has 0 N–H and O–H groups in total. The Bertz CT molecular complexity index is 560. The number of benzene rings is 1. The van der Waals surface area contributed by atoms with Gasteiger partial charge in [0, 0.05) is 34.2 Å². The number of para-hydroxylation sites is 1. The lowest BCUT2D eigenvalue weighted by Gasteiger charge is -1.95. The van der Waals surface area contributed by atoms with Gasteiger partial charge in [-0.1, -0.05) is 18.2 Å². The molecule has 3 aromatic rings. The lowest BCUT2D eigenvalue weighted by molar-refractivity contribution is 1.33. The summed E-state index contributed by atoms with van der Waals surface area (Å²) in [5.41, 5.74) is 2.50. The average molecular weight is 180 g/mol. The summed E-state index contributed by atoms with van der Waals surface area (Å²) < 4.78 is 2.20. The molecular formula is C11H9BN2. The molecule has 2 heterocycles. The number of hydrogen-bond acceptors (Lipinski definition) is 1. The molecule has 2 aromatic heterocycles. The summed E-state index contributed by atoms with van der Waals surface area (Å²) in [5, 5.41) is 2.50. The Balaban J connectivity index is 2.69. The van der Waals surface area contributed by atoms with Gasteiger partial charge in [0.25, 0.3) is 0 Å². The van der Waals surface area contributed by atoms with Crippen molar-refractivity contribution in [3.63, 3.8) is 0 Å². The molecule has 3 rings (SSSR count). The van der Waals surface area contributed by atoms with Gasteiger partial charge in [0.05, 0.1) is 0 Å². The lowest BCUT2D eigenvalue weighted by atomic mass is 10.2. The number of fused-ring (bicyclic) bond motifs is 3. The third-order valence-corrected chi connectivity index (χ3v) is 2.71. The van der Waals surface area contributed by atoms with Crippen LogP contribution in [0.4, 0.5) is 0 Å². The summed E-state index contributed by atoms with van der Waals surface area (Å²) >= 11 is 0. The van der Waals surface area contributed by atoms with Crippen molar-refractivity contribution in [1.29, 1.82) is 0 Å². The van der Waals surface area contributed by atoms with Crippen LogP contribution in [0, 0.1) is 0 Å². The Morgan fingerprint density at radius 2 is 1.79 bits per heavy atom. The molecule has 3 heteroatoms. The quantitative estimate of drug-likeness (QED) is 0.480. The van der Waals surface area contributed by atoms with Gasteiger partial charge in [-0.3, -0.25) is 4.98 Å². The van der Waals surface area contributed by atoms with E-state index in [4.69, 9.17) is 0 Å². The van der Waals surface area contributed by atoms with Crippen LogP contribution < -0.4 is 0 Å². The number of nitrogens with zero attached hydrogens (tertiary/aromatic N) is 2. The van der Waals surface area contributed by atoms with E-state index >= 15 is 0 Å². The van der Waals surface area contributed by atoms with Crippen LogP contribution in [0.3, 0.4) is 0 Å². The highest BCUT2D eigenvalue weighted by atomic mass is 14.9. The van der Waals surface area contributed by atoms with Crippen molar-refractivity contribution >= 4 is 29.8 Å². The first-order chi connectivity index (χ1) is 6.88. The molecule has 0 unspecified atom stereocenters. The van der Waals surface area contributed by atoms with Crippen molar-refractivity contribution in [2.45, 2.75) is 0 Å². The topological polar surface area (TPSA) is 17.8 Å². The molecule has 14 heavy (non-hydrogen) atoms. The SMILES string of the molecule is Bn1c2ccccc2c2cnccc21. The van der Waals surface area contributed by atoms with E-state index in [0.717, 1.165) is 0 Å². The van der Waals surface area contributed by atoms with Crippen molar-refractivity contribution in [3.05, 3.63) is 42.7 Å². The van der Waals surface area contributed by atoms with Crippen LogP contribution in [0.2, 0.25) is 0 Å². The first kappa shape index (κ1) is 7.62. The van der Waals surface area contributed by atoms with Gasteiger partial charge in [-0.2, -0.15) is 0 Å². The molecule has 0 amide bonds. The Morgan fingerprint density at radius 3 is 2.71 bits per heavy atom. The minimum absolute atomic E-state index is 1.23. The van der Waals surface area contributed by atoms with Crippen LogP contribution in [0.1, 0.15) is 0 Å². The molecule has 0 radical (unpaired) electrons. The van der Waals surface area contributed by atoms with Gasteiger partial charge >= 0.3 is 0 Å². The van der Waals surface area contributed by atoms with E-state index in [1.165, 1.54) is 21.8 Å². The molecule has 0 fully saturated rings. The van der Waals surface area contributed by atoms with Crippen molar-refractivity contribution in [2.75, 3.05) is 0 Å². The van der Waals surface area contributed by atoms with Crippen LogP contribution in [0.25, 0.3) is 21.8 Å². The van der Waals surface area contributed by atoms with Crippen LogP contribution in [-0.4, -0.2) is 17.4 Å². The Morgan fingerprint density at radius 1 is 1.00 bits per heavy atom. The molecular weight excluding hydrogens is 171 g/mol. The summed E-state index contributed by atoms with van der Waals surface area (Å²) in [5.74, 6) is 0. The van der Waals surface area contributed by atoms with E-state index in [0.29, 0.717) is 0 Å². The van der Waals surface area contributed by atoms with Gasteiger partial charge in [-0.15, -0.1) is 0 Å². The van der Waals surface area contributed by atoms with Gasteiger partial charge < -0.3 is 4.48 Å². The van der Waals surface area contributed by atoms with Gasteiger partial charge in [-0.05, 0) is 12.1 Å². The smallest absolute Gasteiger partial charge is 0.223 e. The number of rotatable bonds is 0. The van der Waals surface area contributed by atoms with Crippen LogP contribution in [0.5, 0.6) is 0 Å². The Kier molecular flexibility index (Phi) is 1.42. The van der Waals surface area contributed by atoms with E-state index in [-0.39, 0.29) is 0 Å². The maximum absolute atomic E-state index is 4.16. The third-order valence-electron chi connectivity index (χ3n) is 2.71. The fourth-order valence-corrected chi connectivity index (χ4v) is 2.01. The van der Waals surface area contributed by atoms with Crippen LogP contribution >= 0.6 is 0 Å². The number of pyridine rings is 1. The summed E-state index contributed by atoms with van der Waals surface area (Å²) in [6.07, 6.45) is 3.76. The highest BCUT2D eigenvalue weighted by Gasteiger charge is 2.05. The minimum Gasteiger partial charge on any atom is -0.393 e. The highest BCUT2D eigenvalue weighted by Crippen LogP contribution is 2.25.